The molecule has 23 heavy (non-hydrogen) atoms. The van der Waals surface area contributed by atoms with E-state index < -0.39 is 0 Å². The van der Waals surface area contributed by atoms with E-state index in [1.165, 1.54) is 19.3 Å². The zero-order valence-electron chi connectivity index (χ0n) is 13.4. The summed E-state index contributed by atoms with van der Waals surface area (Å²) in [6.07, 6.45) is 4.98. The largest absolute Gasteiger partial charge is 0.358 e. The molecular weight excluding hydrogens is 348 g/mol. The van der Waals surface area contributed by atoms with Crippen LogP contribution in [-0.4, -0.2) is 16.3 Å². The number of halogens is 1. The first-order valence-electron chi connectivity index (χ1n) is 7.86. The average molecular weight is 371 g/mol. The molecule has 1 fully saturated rings. The molecule has 126 valence electrons. The van der Waals surface area contributed by atoms with Gasteiger partial charge in [0, 0.05) is 16.8 Å². The number of hydrogen-bond donors (Lipinski definition) is 4. The van der Waals surface area contributed by atoms with Gasteiger partial charge >= 0.3 is 0 Å². The van der Waals surface area contributed by atoms with Crippen LogP contribution in [-0.2, 0) is 0 Å². The third kappa shape index (κ3) is 5.48. The normalized spacial score (nSPS) is 20.5. The van der Waals surface area contributed by atoms with Gasteiger partial charge < -0.3 is 10.6 Å². The van der Waals surface area contributed by atoms with Crippen molar-refractivity contribution in [1.29, 1.82) is 0 Å². The summed E-state index contributed by atoms with van der Waals surface area (Å²) in [5, 5.41) is 8.17. The van der Waals surface area contributed by atoms with E-state index >= 15 is 0 Å². The highest BCUT2D eigenvalue weighted by Gasteiger charge is 2.21. The van der Waals surface area contributed by atoms with Crippen molar-refractivity contribution in [3.63, 3.8) is 0 Å². The number of nitrogens with one attached hydrogen (secondary N) is 4. The van der Waals surface area contributed by atoms with Crippen molar-refractivity contribution in [1.82, 2.24) is 16.2 Å². The molecule has 1 saturated carbocycles. The van der Waals surface area contributed by atoms with Crippen LogP contribution in [0.3, 0.4) is 0 Å². The fourth-order valence-corrected chi connectivity index (χ4v) is 3.28. The molecule has 0 amide bonds. The van der Waals surface area contributed by atoms with Gasteiger partial charge in [0.15, 0.2) is 10.2 Å². The lowest BCUT2D eigenvalue weighted by Crippen LogP contribution is -2.52. The fourth-order valence-electron chi connectivity index (χ4n) is 2.75. The summed E-state index contributed by atoms with van der Waals surface area (Å²) in [5.74, 6) is 0.641. The molecule has 0 aromatic heterocycles. The molecule has 1 aromatic rings. The zero-order chi connectivity index (χ0) is 16.8. The Balaban J connectivity index is 1.77. The zero-order valence-corrected chi connectivity index (χ0v) is 15.8. The summed E-state index contributed by atoms with van der Waals surface area (Å²) in [7, 11) is 0. The predicted octanol–water partition coefficient (Wildman–Crippen LogP) is 3.89. The van der Waals surface area contributed by atoms with Gasteiger partial charge in [0.2, 0.25) is 0 Å². The molecule has 0 bridgehead atoms. The smallest absolute Gasteiger partial charge is 0.189 e. The molecule has 4 N–H and O–H groups in total. The molecule has 0 aliphatic heterocycles. The SMILES string of the molecule is Cc1c(Cl)cccc1NC(=S)NNC(=S)N[C@H]1CCCC[C@H]1C. The third-order valence-corrected chi connectivity index (χ3v) is 5.07. The van der Waals surface area contributed by atoms with Crippen molar-refractivity contribution < 1.29 is 0 Å². The second-order valence-corrected chi connectivity index (χ2v) is 7.18. The van der Waals surface area contributed by atoms with Crippen LogP contribution in [0.25, 0.3) is 0 Å². The third-order valence-electron chi connectivity index (χ3n) is 4.23. The van der Waals surface area contributed by atoms with Gasteiger partial charge in [-0.25, -0.2) is 0 Å². The van der Waals surface area contributed by atoms with Crippen molar-refractivity contribution >= 4 is 51.9 Å². The topological polar surface area (TPSA) is 48.1 Å². The highest BCUT2D eigenvalue weighted by atomic mass is 35.5. The Bertz CT molecular complexity index is 579. The minimum atomic E-state index is 0.433. The molecule has 0 unspecified atom stereocenters. The van der Waals surface area contributed by atoms with Crippen LogP contribution in [0.15, 0.2) is 18.2 Å². The van der Waals surface area contributed by atoms with Crippen LogP contribution in [0.1, 0.15) is 38.2 Å². The maximum Gasteiger partial charge on any atom is 0.189 e. The van der Waals surface area contributed by atoms with E-state index in [1.54, 1.807) is 0 Å². The molecule has 2 atom stereocenters. The summed E-state index contributed by atoms with van der Waals surface area (Å²) in [6, 6.07) is 6.09. The summed E-state index contributed by atoms with van der Waals surface area (Å²) in [5.41, 5.74) is 7.67. The quantitative estimate of drug-likeness (QED) is 0.468. The first kappa shape index (κ1) is 18.2. The standard InChI is InChI=1S/C16H23ClN4S2/c1-10-6-3-4-8-13(10)18-15(22)20-21-16(23)19-14-9-5-7-12(17)11(14)2/h5,7,9-10,13H,3-4,6,8H2,1-2H3,(H2,18,20,22)(H2,19,21,23)/t10-,13+/m1/s1. The number of benzene rings is 1. The lowest BCUT2D eigenvalue weighted by molar-refractivity contribution is 0.308. The second kappa shape index (κ2) is 8.66. The number of anilines is 1. The van der Waals surface area contributed by atoms with Gasteiger partial charge in [0.1, 0.15) is 0 Å². The second-order valence-electron chi connectivity index (χ2n) is 5.96. The molecule has 1 aliphatic carbocycles. The minimum absolute atomic E-state index is 0.433. The number of hydrazine groups is 1. The monoisotopic (exact) mass is 370 g/mol. The van der Waals surface area contributed by atoms with E-state index in [2.05, 4.69) is 28.4 Å². The van der Waals surface area contributed by atoms with Crippen molar-refractivity contribution in [2.45, 2.75) is 45.6 Å². The Kier molecular flexibility index (Phi) is 6.87. The van der Waals surface area contributed by atoms with Crippen LogP contribution >= 0.6 is 36.0 Å². The Hall–Kier alpha value is -1.11. The number of thiocarbonyl (C=S) groups is 2. The van der Waals surface area contributed by atoms with E-state index in [-0.39, 0.29) is 0 Å². The number of hydrogen-bond acceptors (Lipinski definition) is 2. The van der Waals surface area contributed by atoms with E-state index in [0.29, 0.717) is 27.2 Å². The molecule has 0 radical (unpaired) electrons. The van der Waals surface area contributed by atoms with Crippen LogP contribution in [0.4, 0.5) is 5.69 Å². The molecule has 4 nitrogen and oxygen atoms in total. The van der Waals surface area contributed by atoms with Gasteiger partial charge in [-0.05, 0) is 67.8 Å². The molecular formula is C16H23ClN4S2. The van der Waals surface area contributed by atoms with Crippen molar-refractivity contribution in [2.24, 2.45) is 5.92 Å². The molecule has 2 rings (SSSR count). The van der Waals surface area contributed by atoms with Crippen molar-refractivity contribution in [2.75, 3.05) is 5.32 Å². The van der Waals surface area contributed by atoms with Gasteiger partial charge in [-0.2, -0.15) is 0 Å². The van der Waals surface area contributed by atoms with E-state index in [0.717, 1.165) is 17.7 Å². The first-order valence-corrected chi connectivity index (χ1v) is 9.05. The van der Waals surface area contributed by atoms with E-state index in [9.17, 15) is 0 Å². The predicted molar refractivity (Wildman–Crippen MR) is 106 cm³/mol. The van der Waals surface area contributed by atoms with Crippen molar-refractivity contribution in [3.05, 3.63) is 28.8 Å². The van der Waals surface area contributed by atoms with Crippen LogP contribution in [0.2, 0.25) is 5.02 Å². The highest BCUT2D eigenvalue weighted by Crippen LogP contribution is 2.24. The van der Waals surface area contributed by atoms with Gasteiger partial charge in [0.25, 0.3) is 0 Å². The first-order chi connectivity index (χ1) is 11.0. The van der Waals surface area contributed by atoms with Gasteiger partial charge in [-0.1, -0.05) is 37.4 Å². The van der Waals surface area contributed by atoms with Crippen LogP contribution < -0.4 is 21.5 Å². The van der Waals surface area contributed by atoms with Crippen molar-refractivity contribution in [3.8, 4) is 0 Å². The summed E-state index contributed by atoms with van der Waals surface area (Å²) in [6.45, 7) is 4.21. The Morgan fingerprint density at radius 2 is 1.83 bits per heavy atom. The van der Waals surface area contributed by atoms with Gasteiger partial charge in [0.05, 0.1) is 0 Å². The maximum absolute atomic E-state index is 6.10. The maximum atomic E-state index is 6.10. The Morgan fingerprint density at radius 1 is 1.13 bits per heavy atom. The molecule has 7 heteroatoms. The highest BCUT2D eigenvalue weighted by molar-refractivity contribution is 7.80. The number of rotatable bonds is 2. The molecule has 0 spiro atoms. The minimum Gasteiger partial charge on any atom is -0.358 e. The van der Waals surface area contributed by atoms with Crippen LogP contribution in [0, 0.1) is 12.8 Å². The average Bonchev–Trinajstić information content (AvgIpc) is 2.52. The Labute approximate surface area is 153 Å². The van der Waals surface area contributed by atoms with E-state index in [4.69, 9.17) is 36.0 Å². The van der Waals surface area contributed by atoms with Gasteiger partial charge in [-0.3, -0.25) is 10.9 Å². The molecule has 1 aliphatic rings. The lowest BCUT2D eigenvalue weighted by atomic mass is 9.86. The fraction of sp³-hybridized carbons (Fsp3) is 0.500. The lowest BCUT2D eigenvalue weighted by Gasteiger charge is -2.30. The summed E-state index contributed by atoms with van der Waals surface area (Å²) < 4.78 is 0. The van der Waals surface area contributed by atoms with Crippen LogP contribution in [0.5, 0.6) is 0 Å². The molecule has 0 heterocycles. The molecule has 0 saturated heterocycles. The summed E-state index contributed by atoms with van der Waals surface area (Å²) in [4.78, 5) is 0. The summed E-state index contributed by atoms with van der Waals surface area (Å²) >= 11 is 16.7. The molecule has 1 aromatic carbocycles. The van der Waals surface area contributed by atoms with E-state index in [1.807, 2.05) is 25.1 Å². The van der Waals surface area contributed by atoms with Gasteiger partial charge in [-0.15, -0.1) is 0 Å². The Morgan fingerprint density at radius 3 is 2.57 bits per heavy atom.